The molecule has 160 valence electrons. The standard InChI is InChI=1S/C18H16F3N3O4S2/c19-12-7-10-3-5-22-17(26)11(10)8-13(12)23-30(27,28)16-2-1-15(29-16)24-6-4-18(20,21)14(25)9-24/h1-3,5,7-8,14,23,25H,4,6,9H2,(H,22,26). The lowest BCUT2D eigenvalue weighted by Gasteiger charge is -2.36. The topological polar surface area (TPSA) is 102 Å². The van der Waals surface area contributed by atoms with Crippen LogP contribution in [0.1, 0.15) is 6.42 Å². The molecule has 1 fully saturated rings. The maximum absolute atomic E-state index is 14.4. The summed E-state index contributed by atoms with van der Waals surface area (Å²) in [7, 11) is -4.19. The summed E-state index contributed by atoms with van der Waals surface area (Å²) >= 11 is 0.810. The maximum atomic E-state index is 14.4. The minimum atomic E-state index is -4.19. The fourth-order valence-electron chi connectivity index (χ4n) is 3.19. The number of β-amino-alcohol motifs (C(OH)–C–C–N with tert-alkyl or cyclic N) is 1. The van der Waals surface area contributed by atoms with Gasteiger partial charge in [0.15, 0.2) is 0 Å². The van der Waals surface area contributed by atoms with E-state index in [4.69, 9.17) is 0 Å². The van der Waals surface area contributed by atoms with E-state index in [9.17, 15) is 31.5 Å². The van der Waals surface area contributed by atoms with Crippen LogP contribution in [0.2, 0.25) is 0 Å². The van der Waals surface area contributed by atoms with Gasteiger partial charge in [-0.2, -0.15) is 0 Å². The van der Waals surface area contributed by atoms with E-state index in [0.717, 1.165) is 23.5 Å². The third-order valence-electron chi connectivity index (χ3n) is 4.85. The number of anilines is 2. The molecule has 0 saturated carbocycles. The minimum absolute atomic E-state index is 0.0421. The Morgan fingerprint density at radius 1 is 1.27 bits per heavy atom. The van der Waals surface area contributed by atoms with Gasteiger partial charge in [0, 0.05) is 24.5 Å². The first-order chi connectivity index (χ1) is 14.1. The number of alkyl halides is 2. The summed E-state index contributed by atoms with van der Waals surface area (Å²) in [6.07, 6.45) is -1.05. The van der Waals surface area contributed by atoms with Crippen molar-refractivity contribution in [2.45, 2.75) is 22.7 Å². The van der Waals surface area contributed by atoms with Gasteiger partial charge >= 0.3 is 0 Å². The average Bonchev–Trinajstić information content (AvgIpc) is 3.16. The van der Waals surface area contributed by atoms with Crippen LogP contribution in [0.5, 0.6) is 0 Å². The Labute approximate surface area is 172 Å². The Balaban J connectivity index is 1.60. The number of halogens is 3. The van der Waals surface area contributed by atoms with Gasteiger partial charge in [-0.25, -0.2) is 21.6 Å². The van der Waals surface area contributed by atoms with Crippen molar-refractivity contribution >= 4 is 42.8 Å². The Kier molecular flexibility index (Phi) is 5.03. The second kappa shape index (κ2) is 7.29. The smallest absolute Gasteiger partial charge is 0.276 e. The van der Waals surface area contributed by atoms with Gasteiger partial charge in [-0.15, -0.1) is 11.3 Å². The van der Waals surface area contributed by atoms with Crippen LogP contribution in [0.3, 0.4) is 0 Å². The maximum Gasteiger partial charge on any atom is 0.276 e. The van der Waals surface area contributed by atoms with Crippen molar-refractivity contribution in [1.82, 2.24) is 4.98 Å². The number of aliphatic hydroxyl groups is 1. The van der Waals surface area contributed by atoms with Crippen LogP contribution in [0.15, 0.2) is 45.5 Å². The molecule has 1 aromatic carbocycles. The Hall–Kier alpha value is -2.57. The number of nitrogens with zero attached hydrogens (tertiary/aromatic N) is 1. The van der Waals surface area contributed by atoms with E-state index < -0.39 is 39.8 Å². The molecule has 1 aliphatic heterocycles. The Bertz CT molecular complexity index is 1270. The van der Waals surface area contributed by atoms with Crippen LogP contribution in [-0.2, 0) is 10.0 Å². The molecule has 2 aromatic heterocycles. The van der Waals surface area contributed by atoms with E-state index in [0.29, 0.717) is 10.4 Å². The second-order valence-corrected chi connectivity index (χ2v) is 9.87. The van der Waals surface area contributed by atoms with Crippen molar-refractivity contribution < 1.29 is 26.7 Å². The van der Waals surface area contributed by atoms with Gasteiger partial charge in [-0.05, 0) is 35.7 Å². The fourth-order valence-corrected chi connectivity index (χ4v) is 5.58. The largest absolute Gasteiger partial charge is 0.385 e. The monoisotopic (exact) mass is 459 g/mol. The van der Waals surface area contributed by atoms with E-state index in [1.54, 1.807) is 0 Å². The van der Waals surface area contributed by atoms with E-state index in [2.05, 4.69) is 9.71 Å². The highest BCUT2D eigenvalue weighted by Crippen LogP contribution is 2.36. The van der Waals surface area contributed by atoms with Gasteiger partial charge in [-0.1, -0.05) is 0 Å². The number of benzene rings is 1. The van der Waals surface area contributed by atoms with Crippen LogP contribution in [0.25, 0.3) is 10.8 Å². The molecule has 3 aromatic rings. The van der Waals surface area contributed by atoms with Gasteiger partial charge in [0.2, 0.25) is 0 Å². The number of fused-ring (bicyclic) bond motifs is 1. The molecule has 1 unspecified atom stereocenters. The highest BCUT2D eigenvalue weighted by Gasteiger charge is 2.43. The molecule has 1 aliphatic rings. The predicted octanol–water partition coefficient (Wildman–Crippen LogP) is 2.74. The first-order valence-electron chi connectivity index (χ1n) is 8.81. The van der Waals surface area contributed by atoms with Crippen molar-refractivity contribution in [2.24, 2.45) is 0 Å². The van der Waals surface area contributed by atoms with Crippen LogP contribution >= 0.6 is 11.3 Å². The van der Waals surface area contributed by atoms with Gasteiger partial charge in [0.25, 0.3) is 21.5 Å². The molecule has 0 radical (unpaired) electrons. The summed E-state index contributed by atoms with van der Waals surface area (Å²) in [6, 6.07) is 6.36. The quantitative estimate of drug-likeness (QED) is 0.557. The molecule has 30 heavy (non-hydrogen) atoms. The molecule has 3 heterocycles. The molecule has 1 saturated heterocycles. The van der Waals surface area contributed by atoms with Crippen molar-refractivity contribution in [3.8, 4) is 0 Å². The van der Waals surface area contributed by atoms with E-state index in [-0.39, 0.29) is 28.4 Å². The summed E-state index contributed by atoms with van der Waals surface area (Å²) in [5.74, 6) is -4.04. The summed E-state index contributed by atoms with van der Waals surface area (Å²) in [5.41, 5.74) is -0.881. The normalized spacial score (nSPS) is 19.2. The number of rotatable bonds is 4. The van der Waals surface area contributed by atoms with Gasteiger partial charge in [0.1, 0.15) is 16.1 Å². The number of nitrogens with one attached hydrogen (secondary N) is 2. The lowest BCUT2D eigenvalue weighted by molar-refractivity contribution is -0.117. The molecule has 3 N–H and O–H groups in total. The predicted molar refractivity (Wildman–Crippen MR) is 107 cm³/mol. The molecule has 1 atom stereocenters. The van der Waals surface area contributed by atoms with Gasteiger partial charge in [-0.3, -0.25) is 9.52 Å². The first-order valence-corrected chi connectivity index (χ1v) is 11.1. The zero-order valence-corrected chi connectivity index (χ0v) is 16.9. The minimum Gasteiger partial charge on any atom is -0.385 e. The summed E-state index contributed by atoms with van der Waals surface area (Å²) in [5, 5.41) is 10.4. The van der Waals surface area contributed by atoms with Crippen molar-refractivity contribution in [3.05, 3.63) is 52.7 Å². The lowest BCUT2D eigenvalue weighted by Crippen LogP contribution is -2.50. The number of aromatic nitrogens is 1. The van der Waals surface area contributed by atoms with Crippen LogP contribution in [0.4, 0.5) is 23.9 Å². The summed E-state index contributed by atoms with van der Waals surface area (Å²) < 4.78 is 68.7. The number of H-pyrrole nitrogens is 1. The zero-order chi connectivity index (χ0) is 21.7. The highest BCUT2D eigenvalue weighted by molar-refractivity contribution is 7.94. The van der Waals surface area contributed by atoms with Crippen molar-refractivity contribution in [1.29, 1.82) is 0 Å². The van der Waals surface area contributed by atoms with Crippen LogP contribution in [0, 0.1) is 5.82 Å². The Morgan fingerprint density at radius 2 is 2.03 bits per heavy atom. The van der Waals surface area contributed by atoms with Crippen LogP contribution < -0.4 is 15.2 Å². The summed E-state index contributed by atoms with van der Waals surface area (Å²) in [4.78, 5) is 15.8. The molecule has 12 heteroatoms. The number of aliphatic hydroxyl groups excluding tert-OH is 1. The zero-order valence-electron chi connectivity index (χ0n) is 15.2. The van der Waals surface area contributed by atoms with E-state index in [1.165, 1.54) is 29.3 Å². The lowest BCUT2D eigenvalue weighted by atomic mass is 10.0. The number of pyridine rings is 1. The molecule has 0 amide bonds. The van der Waals surface area contributed by atoms with Crippen LogP contribution in [-0.4, -0.2) is 43.6 Å². The SMILES string of the molecule is O=c1[nH]ccc2cc(F)c(NS(=O)(=O)c3ccc(N4CCC(F)(F)C(O)C4)s3)cc12. The highest BCUT2D eigenvalue weighted by atomic mass is 32.2. The average molecular weight is 459 g/mol. The number of hydrogen-bond acceptors (Lipinski definition) is 6. The summed E-state index contributed by atoms with van der Waals surface area (Å²) in [6.45, 7) is -0.373. The molecular formula is C18H16F3N3O4S2. The number of aromatic amines is 1. The number of sulfonamides is 1. The molecular weight excluding hydrogens is 443 g/mol. The van der Waals surface area contributed by atoms with Gasteiger partial charge < -0.3 is 15.0 Å². The number of hydrogen-bond donors (Lipinski definition) is 3. The first kappa shape index (κ1) is 20.7. The molecule has 0 spiro atoms. The second-order valence-electron chi connectivity index (χ2n) is 6.90. The molecule has 7 nitrogen and oxygen atoms in total. The van der Waals surface area contributed by atoms with Gasteiger partial charge in [0.05, 0.1) is 17.2 Å². The van der Waals surface area contributed by atoms with Crippen molar-refractivity contribution in [2.75, 3.05) is 22.7 Å². The Morgan fingerprint density at radius 3 is 2.77 bits per heavy atom. The third-order valence-corrected chi connectivity index (χ3v) is 7.85. The molecule has 0 bridgehead atoms. The van der Waals surface area contributed by atoms with E-state index in [1.807, 2.05) is 0 Å². The number of piperidine rings is 1. The number of thiophene rings is 1. The van der Waals surface area contributed by atoms with E-state index >= 15 is 0 Å². The van der Waals surface area contributed by atoms with Crippen molar-refractivity contribution in [3.63, 3.8) is 0 Å². The molecule has 4 rings (SSSR count). The fraction of sp³-hybridized carbons (Fsp3) is 0.278. The third kappa shape index (κ3) is 3.77. The molecule has 0 aliphatic carbocycles.